The molecule has 1 atom stereocenters. The largest absolute Gasteiger partial charge is 0.491 e. The summed E-state index contributed by atoms with van der Waals surface area (Å²) < 4.78 is 64.6. The Balaban J connectivity index is 1.93. The number of nitrogens with zero attached hydrogens (tertiary/aromatic N) is 3. The van der Waals surface area contributed by atoms with Gasteiger partial charge in [-0.15, -0.1) is 0 Å². The predicted molar refractivity (Wildman–Crippen MR) is 130 cm³/mol. The summed E-state index contributed by atoms with van der Waals surface area (Å²) in [7, 11) is -2.14. The number of rotatable bonds is 8. The van der Waals surface area contributed by atoms with Gasteiger partial charge in [-0.25, -0.2) is 32.0 Å². The number of aromatic amines is 1. The quantitative estimate of drug-likeness (QED) is 0.380. The van der Waals surface area contributed by atoms with Crippen molar-refractivity contribution >= 4 is 21.0 Å². The van der Waals surface area contributed by atoms with E-state index >= 15 is 0 Å². The molecule has 1 aromatic carbocycles. The summed E-state index contributed by atoms with van der Waals surface area (Å²) in [6, 6.07) is 5.27. The van der Waals surface area contributed by atoms with Crippen LogP contribution in [0.5, 0.6) is 11.6 Å². The Morgan fingerprint density at radius 1 is 1.17 bits per heavy atom. The molecule has 0 saturated heterocycles. The molecule has 4 rings (SSSR count). The Morgan fingerprint density at radius 3 is 2.56 bits per heavy atom. The van der Waals surface area contributed by atoms with Crippen molar-refractivity contribution in [3.63, 3.8) is 0 Å². The van der Waals surface area contributed by atoms with Gasteiger partial charge in [0.1, 0.15) is 21.5 Å². The maximum Gasteiger partial charge on any atom is 0.328 e. The van der Waals surface area contributed by atoms with Gasteiger partial charge < -0.3 is 14.5 Å². The predicted octanol–water partition coefficient (Wildman–Crippen LogP) is 3.41. The van der Waals surface area contributed by atoms with Crippen LogP contribution < -0.4 is 15.2 Å². The Bertz CT molecular complexity index is 1620. The molecular weight excluding hydrogens is 494 g/mol. The highest BCUT2D eigenvalue weighted by molar-refractivity contribution is 7.90. The number of H-pyrrole nitrogens is 1. The Morgan fingerprint density at radius 2 is 1.92 bits per heavy atom. The molecule has 3 aromatic heterocycles. The Kier molecular flexibility index (Phi) is 6.81. The van der Waals surface area contributed by atoms with E-state index < -0.39 is 39.0 Å². The Hall–Kier alpha value is -3.80. The van der Waals surface area contributed by atoms with Crippen molar-refractivity contribution in [3.05, 3.63) is 69.9 Å². The lowest BCUT2D eigenvalue weighted by atomic mass is 10.0. The SMILES string of the molecule is CCOc1nc([C@@H](CS(C)(=O)=O)n2c(=O)[nH]c3c(C)c(-c4ccc(F)cc4F)cnc32)ccc1OC. The molecule has 0 aliphatic rings. The fraction of sp³-hybridized carbons (Fsp3) is 0.292. The van der Waals surface area contributed by atoms with Crippen molar-refractivity contribution in [1.82, 2.24) is 19.5 Å². The maximum absolute atomic E-state index is 14.5. The van der Waals surface area contributed by atoms with E-state index in [1.807, 2.05) is 0 Å². The molecule has 3 heterocycles. The van der Waals surface area contributed by atoms with E-state index in [2.05, 4.69) is 15.0 Å². The topological polar surface area (TPSA) is 116 Å². The monoisotopic (exact) mass is 518 g/mol. The second kappa shape index (κ2) is 9.69. The summed E-state index contributed by atoms with van der Waals surface area (Å²) in [5.74, 6) is -1.43. The average Bonchev–Trinajstić information content (AvgIpc) is 3.14. The summed E-state index contributed by atoms with van der Waals surface area (Å²) in [5.41, 5.74) is 1.03. The summed E-state index contributed by atoms with van der Waals surface area (Å²) in [5, 5.41) is 0. The lowest BCUT2D eigenvalue weighted by molar-refractivity contribution is 0.296. The maximum atomic E-state index is 14.5. The molecule has 0 radical (unpaired) electrons. The van der Waals surface area contributed by atoms with Gasteiger partial charge in [-0.2, -0.15) is 0 Å². The third-order valence-electron chi connectivity index (χ3n) is 5.68. The molecule has 0 unspecified atom stereocenters. The minimum absolute atomic E-state index is 0.114. The van der Waals surface area contributed by atoms with Gasteiger partial charge >= 0.3 is 5.69 Å². The van der Waals surface area contributed by atoms with Gasteiger partial charge in [-0.05, 0) is 43.7 Å². The van der Waals surface area contributed by atoms with E-state index in [0.29, 0.717) is 29.0 Å². The second-order valence-corrected chi connectivity index (χ2v) is 10.4. The van der Waals surface area contributed by atoms with E-state index in [1.165, 1.54) is 23.9 Å². The smallest absolute Gasteiger partial charge is 0.328 e. The molecule has 0 amide bonds. The number of hydrogen-bond acceptors (Lipinski definition) is 7. The fourth-order valence-electron chi connectivity index (χ4n) is 4.06. The summed E-state index contributed by atoms with van der Waals surface area (Å²) >= 11 is 0. The first-order chi connectivity index (χ1) is 17.0. The van der Waals surface area contributed by atoms with E-state index in [0.717, 1.165) is 18.4 Å². The van der Waals surface area contributed by atoms with Crippen LogP contribution in [-0.4, -0.2) is 53.7 Å². The highest BCUT2D eigenvalue weighted by atomic mass is 32.2. The van der Waals surface area contributed by atoms with Crippen molar-refractivity contribution in [2.24, 2.45) is 0 Å². The number of nitrogens with one attached hydrogen (secondary N) is 1. The lowest BCUT2D eigenvalue weighted by Crippen LogP contribution is -2.29. The van der Waals surface area contributed by atoms with Crippen LogP contribution >= 0.6 is 0 Å². The first-order valence-electron chi connectivity index (χ1n) is 10.9. The number of aryl methyl sites for hydroxylation is 1. The molecule has 0 spiro atoms. The van der Waals surface area contributed by atoms with E-state index in [4.69, 9.17) is 9.47 Å². The standard InChI is InChI=1S/C24H24F2N4O5S/c1-5-35-23-20(34-3)9-8-18(28-23)19(12-36(4,32)33)30-22-21(29-24(30)31)13(2)16(11-27-22)15-7-6-14(25)10-17(15)26/h6-11,19H,5,12H2,1-4H3,(H,29,31)/t19-/m1/s1. The molecular formula is C24H24F2N4O5S. The van der Waals surface area contributed by atoms with Crippen molar-refractivity contribution in [1.29, 1.82) is 0 Å². The molecule has 0 aliphatic heterocycles. The Labute approximate surface area is 205 Å². The minimum atomic E-state index is -3.59. The number of ether oxygens (including phenoxy) is 2. The van der Waals surface area contributed by atoms with Gasteiger partial charge in [-0.3, -0.25) is 4.57 Å². The van der Waals surface area contributed by atoms with Crippen LogP contribution in [0.3, 0.4) is 0 Å². The summed E-state index contributed by atoms with van der Waals surface area (Å²) in [6.07, 6.45) is 2.42. The zero-order valence-corrected chi connectivity index (χ0v) is 20.8. The van der Waals surface area contributed by atoms with Crippen LogP contribution in [0.15, 0.2) is 41.3 Å². The fourth-order valence-corrected chi connectivity index (χ4v) is 4.95. The lowest BCUT2D eigenvalue weighted by Gasteiger charge is -2.19. The third kappa shape index (κ3) is 4.81. The first-order valence-corrected chi connectivity index (χ1v) is 13.0. The highest BCUT2D eigenvalue weighted by Gasteiger charge is 2.28. The number of benzene rings is 1. The molecule has 0 bridgehead atoms. The summed E-state index contributed by atoms with van der Waals surface area (Å²) in [4.78, 5) is 24.6. The molecule has 0 aliphatic carbocycles. The van der Waals surface area contributed by atoms with Gasteiger partial charge in [0.05, 0.1) is 36.7 Å². The number of halogens is 2. The number of sulfone groups is 1. The first kappa shape index (κ1) is 25.3. The van der Waals surface area contributed by atoms with Gasteiger partial charge in [-0.1, -0.05) is 0 Å². The van der Waals surface area contributed by atoms with Crippen molar-refractivity contribution < 1.29 is 26.7 Å². The molecule has 36 heavy (non-hydrogen) atoms. The highest BCUT2D eigenvalue weighted by Crippen LogP contribution is 2.32. The van der Waals surface area contributed by atoms with Crippen LogP contribution in [0.1, 0.15) is 24.2 Å². The molecule has 0 fully saturated rings. The van der Waals surface area contributed by atoms with Crippen molar-refractivity contribution in [2.75, 3.05) is 25.7 Å². The second-order valence-electron chi connectivity index (χ2n) is 8.20. The number of fused-ring (bicyclic) bond motifs is 1. The number of pyridine rings is 2. The molecule has 4 aromatic rings. The van der Waals surface area contributed by atoms with Gasteiger partial charge in [0.15, 0.2) is 11.4 Å². The number of aromatic nitrogens is 4. The van der Waals surface area contributed by atoms with Crippen molar-refractivity contribution in [2.45, 2.75) is 19.9 Å². The normalized spacial score (nSPS) is 12.6. The molecule has 9 nitrogen and oxygen atoms in total. The van der Waals surface area contributed by atoms with Gasteiger partial charge in [0.25, 0.3) is 5.88 Å². The van der Waals surface area contributed by atoms with Crippen LogP contribution in [0.25, 0.3) is 22.3 Å². The van der Waals surface area contributed by atoms with Crippen molar-refractivity contribution in [3.8, 4) is 22.8 Å². The molecule has 0 saturated carbocycles. The van der Waals surface area contributed by atoms with Crippen LogP contribution in [-0.2, 0) is 9.84 Å². The zero-order valence-electron chi connectivity index (χ0n) is 20.0. The molecule has 190 valence electrons. The van der Waals surface area contributed by atoms with Crippen LogP contribution in [0, 0.1) is 18.6 Å². The van der Waals surface area contributed by atoms with E-state index in [-0.39, 0.29) is 22.8 Å². The summed E-state index contributed by atoms with van der Waals surface area (Å²) in [6.45, 7) is 3.72. The van der Waals surface area contributed by atoms with Crippen LogP contribution in [0.4, 0.5) is 8.78 Å². The van der Waals surface area contributed by atoms with E-state index in [9.17, 15) is 22.0 Å². The van der Waals surface area contributed by atoms with E-state index in [1.54, 1.807) is 26.0 Å². The third-order valence-corrected chi connectivity index (χ3v) is 6.60. The van der Waals surface area contributed by atoms with Gasteiger partial charge in [0.2, 0.25) is 0 Å². The number of imidazole rings is 1. The molecule has 12 heteroatoms. The number of hydrogen-bond donors (Lipinski definition) is 1. The minimum Gasteiger partial charge on any atom is -0.491 e. The van der Waals surface area contributed by atoms with Gasteiger partial charge in [0, 0.05) is 29.6 Å². The number of methoxy groups -OCH3 is 1. The average molecular weight is 519 g/mol. The van der Waals surface area contributed by atoms with Crippen LogP contribution in [0.2, 0.25) is 0 Å². The molecule has 1 N–H and O–H groups in total. The zero-order chi connectivity index (χ0) is 26.2.